The van der Waals surface area contributed by atoms with E-state index in [2.05, 4.69) is 31.4 Å². The van der Waals surface area contributed by atoms with Crippen LogP contribution in [0.1, 0.15) is 11.4 Å². The molecule has 6 nitrogen and oxygen atoms in total. The van der Waals surface area contributed by atoms with Gasteiger partial charge in [-0.05, 0) is 38.1 Å². The van der Waals surface area contributed by atoms with E-state index in [-0.39, 0.29) is 0 Å². The number of fused-ring (bicyclic) bond motifs is 1. The lowest BCUT2D eigenvalue weighted by Gasteiger charge is -2.16. The first-order valence-corrected chi connectivity index (χ1v) is 8.79. The van der Waals surface area contributed by atoms with Gasteiger partial charge in [0.2, 0.25) is 5.95 Å². The van der Waals surface area contributed by atoms with Gasteiger partial charge < -0.3 is 4.98 Å². The summed E-state index contributed by atoms with van der Waals surface area (Å²) < 4.78 is 0. The molecule has 2 aromatic heterocycles. The van der Waals surface area contributed by atoms with Gasteiger partial charge in [-0.1, -0.05) is 23.9 Å². The van der Waals surface area contributed by atoms with E-state index in [1.165, 1.54) is 0 Å². The molecule has 0 aliphatic carbocycles. The fraction of sp³-hybridized carbons (Fsp3) is 0.235. The summed E-state index contributed by atoms with van der Waals surface area (Å²) in [7, 11) is 0. The summed E-state index contributed by atoms with van der Waals surface area (Å²) >= 11 is 1.64. The predicted molar refractivity (Wildman–Crippen MR) is 96.9 cm³/mol. The third-order valence-corrected chi connectivity index (χ3v) is 4.65. The maximum Gasteiger partial charge on any atom is 0.223 e. The average molecular weight is 338 g/mol. The second-order valence-electron chi connectivity index (χ2n) is 5.75. The van der Waals surface area contributed by atoms with E-state index in [1.807, 2.05) is 49.2 Å². The minimum Gasteiger partial charge on any atom is -0.323 e. The number of aromatic amines is 1. The molecule has 0 radical (unpaired) electrons. The molecule has 0 atom stereocenters. The zero-order valence-corrected chi connectivity index (χ0v) is 14.4. The topological polar surface area (TPSA) is 69.7 Å². The van der Waals surface area contributed by atoms with Gasteiger partial charge in [-0.15, -0.1) is 0 Å². The molecule has 0 saturated heterocycles. The molecule has 0 spiro atoms. The Morgan fingerprint density at radius 3 is 2.71 bits per heavy atom. The summed E-state index contributed by atoms with van der Waals surface area (Å²) in [5.41, 5.74) is 8.55. The van der Waals surface area contributed by atoms with Crippen LogP contribution in [0.5, 0.6) is 0 Å². The molecule has 0 fully saturated rings. The molecule has 1 aromatic carbocycles. The van der Waals surface area contributed by atoms with E-state index in [1.54, 1.807) is 11.8 Å². The Morgan fingerprint density at radius 1 is 1.12 bits per heavy atom. The summed E-state index contributed by atoms with van der Waals surface area (Å²) in [5.74, 6) is 1.63. The summed E-state index contributed by atoms with van der Waals surface area (Å²) in [6, 6.07) is 10.0. The van der Waals surface area contributed by atoms with Gasteiger partial charge in [-0.2, -0.15) is 0 Å². The highest BCUT2D eigenvalue weighted by Crippen LogP contribution is 2.21. The van der Waals surface area contributed by atoms with Crippen molar-refractivity contribution in [1.29, 1.82) is 0 Å². The highest BCUT2D eigenvalue weighted by molar-refractivity contribution is 7.99. The maximum absolute atomic E-state index is 4.61. The van der Waals surface area contributed by atoms with Crippen molar-refractivity contribution in [2.24, 2.45) is 0 Å². The molecule has 3 heterocycles. The van der Waals surface area contributed by atoms with Crippen molar-refractivity contribution in [3.8, 4) is 0 Å². The molecule has 4 rings (SSSR count). The molecule has 122 valence electrons. The van der Waals surface area contributed by atoms with Crippen LogP contribution in [-0.2, 0) is 0 Å². The Balaban J connectivity index is 1.40. The number of imidazole rings is 1. The number of nitrogens with one attached hydrogen (secondary N) is 2. The average Bonchev–Trinajstić information content (AvgIpc) is 3.18. The largest absolute Gasteiger partial charge is 0.323 e. The minimum absolute atomic E-state index is 0.781. The lowest BCUT2D eigenvalue weighted by Crippen LogP contribution is -2.33. The number of hydrazine groups is 1. The number of para-hydroxylation sites is 2. The van der Waals surface area contributed by atoms with Crippen LogP contribution in [0.2, 0.25) is 0 Å². The summed E-state index contributed by atoms with van der Waals surface area (Å²) in [6.07, 6.45) is 2.17. The Hall–Kier alpha value is -2.54. The minimum atomic E-state index is 0.781. The SMILES string of the molecule is Cc1cc(C)nc(SCC2=CCN(c3nc4ccccc4[nH]3)N2)n1. The number of benzene rings is 1. The first-order chi connectivity index (χ1) is 11.7. The van der Waals surface area contributed by atoms with Crippen molar-refractivity contribution in [1.82, 2.24) is 25.4 Å². The van der Waals surface area contributed by atoms with Gasteiger partial charge in [-0.25, -0.2) is 15.0 Å². The normalized spacial score (nSPS) is 14.1. The van der Waals surface area contributed by atoms with Gasteiger partial charge in [0.1, 0.15) is 0 Å². The number of nitrogens with zero attached hydrogens (tertiary/aromatic N) is 4. The number of hydrogen-bond acceptors (Lipinski definition) is 6. The molecule has 1 aliphatic rings. The van der Waals surface area contributed by atoms with Crippen molar-refractivity contribution in [2.45, 2.75) is 19.0 Å². The fourth-order valence-electron chi connectivity index (χ4n) is 2.66. The van der Waals surface area contributed by atoms with Gasteiger partial charge >= 0.3 is 0 Å². The van der Waals surface area contributed by atoms with E-state index >= 15 is 0 Å². The third-order valence-electron chi connectivity index (χ3n) is 3.75. The van der Waals surface area contributed by atoms with Crippen molar-refractivity contribution >= 4 is 28.7 Å². The summed E-state index contributed by atoms with van der Waals surface area (Å²) in [5, 5.41) is 2.83. The Morgan fingerprint density at radius 2 is 1.92 bits per heavy atom. The molecule has 0 bridgehead atoms. The molecule has 0 amide bonds. The fourth-order valence-corrected chi connectivity index (χ4v) is 3.55. The molecule has 2 N–H and O–H groups in total. The van der Waals surface area contributed by atoms with Gasteiger partial charge in [0.15, 0.2) is 5.16 Å². The molecule has 0 saturated carbocycles. The number of aryl methyl sites for hydroxylation is 2. The van der Waals surface area contributed by atoms with Crippen LogP contribution in [0.15, 0.2) is 47.3 Å². The van der Waals surface area contributed by atoms with E-state index in [9.17, 15) is 0 Å². The molecule has 24 heavy (non-hydrogen) atoms. The number of rotatable bonds is 4. The Kier molecular flexibility index (Phi) is 3.86. The molecule has 3 aromatic rings. The van der Waals surface area contributed by atoms with Crippen LogP contribution < -0.4 is 10.4 Å². The highest BCUT2D eigenvalue weighted by Gasteiger charge is 2.17. The number of hydrogen-bond donors (Lipinski definition) is 2. The molecule has 0 unspecified atom stereocenters. The smallest absolute Gasteiger partial charge is 0.223 e. The van der Waals surface area contributed by atoms with Crippen molar-refractivity contribution < 1.29 is 0 Å². The number of anilines is 1. The third kappa shape index (κ3) is 3.07. The zero-order chi connectivity index (χ0) is 16.5. The van der Waals surface area contributed by atoms with E-state index < -0.39 is 0 Å². The van der Waals surface area contributed by atoms with Crippen molar-refractivity contribution in [3.05, 3.63) is 53.5 Å². The van der Waals surface area contributed by atoms with Crippen LogP contribution in [0.25, 0.3) is 11.0 Å². The number of H-pyrrole nitrogens is 1. The lowest BCUT2D eigenvalue weighted by molar-refractivity contribution is 0.780. The van der Waals surface area contributed by atoms with Crippen molar-refractivity contribution in [2.75, 3.05) is 17.3 Å². The quantitative estimate of drug-likeness (QED) is 0.563. The summed E-state index contributed by atoms with van der Waals surface area (Å²) in [4.78, 5) is 16.9. The number of thioether (sulfide) groups is 1. The van der Waals surface area contributed by atoms with Crippen molar-refractivity contribution in [3.63, 3.8) is 0 Å². The molecule has 7 heteroatoms. The molecular formula is C17H18N6S. The van der Waals surface area contributed by atoms with Crippen LogP contribution in [0.4, 0.5) is 5.95 Å². The van der Waals surface area contributed by atoms with Crippen LogP contribution >= 0.6 is 11.8 Å². The second-order valence-corrected chi connectivity index (χ2v) is 6.69. The Labute approximate surface area is 144 Å². The second kappa shape index (κ2) is 6.16. The maximum atomic E-state index is 4.61. The van der Waals surface area contributed by atoms with Gasteiger partial charge in [0.05, 0.1) is 17.6 Å². The first kappa shape index (κ1) is 15.0. The lowest BCUT2D eigenvalue weighted by atomic mass is 10.3. The van der Waals surface area contributed by atoms with E-state index in [4.69, 9.17) is 0 Å². The van der Waals surface area contributed by atoms with E-state index in [0.29, 0.717) is 0 Å². The zero-order valence-electron chi connectivity index (χ0n) is 13.6. The van der Waals surface area contributed by atoms with Crippen LogP contribution in [0.3, 0.4) is 0 Å². The monoisotopic (exact) mass is 338 g/mol. The van der Waals surface area contributed by atoms with Crippen LogP contribution in [-0.4, -0.2) is 32.2 Å². The van der Waals surface area contributed by atoms with Gasteiger partial charge in [0, 0.05) is 22.8 Å². The first-order valence-electron chi connectivity index (χ1n) is 7.80. The van der Waals surface area contributed by atoms with Gasteiger partial charge in [-0.3, -0.25) is 10.4 Å². The summed E-state index contributed by atoms with van der Waals surface area (Å²) in [6.45, 7) is 4.77. The van der Waals surface area contributed by atoms with Crippen LogP contribution in [0, 0.1) is 13.8 Å². The highest BCUT2D eigenvalue weighted by atomic mass is 32.2. The predicted octanol–water partition coefficient (Wildman–Crippen LogP) is 2.97. The molecular weight excluding hydrogens is 320 g/mol. The standard InChI is InChI=1S/C17H18N6S/c1-11-9-12(2)19-17(18-11)24-10-13-7-8-23(22-13)16-20-14-5-3-4-6-15(14)21-16/h3-7,9,22H,8,10H2,1-2H3,(H,20,21). The Bertz CT molecular complexity index is 863. The molecule has 1 aliphatic heterocycles. The van der Waals surface area contributed by atoms with E-state index in [0.717, 1.165) is 51.5 Å². The van der Waals surface area contributed by atoms with Gasteiger partial charge in [0.25, 0.3) is 0 Å². The number of aromatic nitrogens is 4.